The maximum absolute atomic E-state index is 10.8. The molecule has 8 heteroatoms. The predicted molar refractivity (Wildman–Crippen MR) is 69.3 cm³/mol. The van der Waals surface area contributed by atoms with Crippen LogP contribution in [-0.2, 0) is 11.3 Å². The third-order valence-electron chi connectivity index (χ3n) is 2.59. The molecule has 2 aromatic heterocycles. The largest absolute Gasteiger partial charge is 0.368 e. The van der Waals surface area contributed by atoms with Crippen molar-refractivity contribution in [1.29, 1.82) is 0 Å². The molecule has 0 unspecified atom stereocenters. The van der Waals surface area contributed by atoms with Crippen LogP contribution in [0.1, 0.15) is 0 Å². The lowest BCUT2D eigenvalue weighted by Gasteiger charge is -1.94. The highest BCUT2D eigenvalue weighted by atomic mass is 35.5. The van der Waals surface area contributed by atoms with E-state index >= 15 is 0 Å². The highest BCUT2D eigenvalue weighted by molar-refractivity contribution is 6.31. The number of aromatic amines is 1. The number of hydrogen-bond acceptors (Lipinski definition) is 4. The molecule has 0 aliphatic rings. The Morgan fingerprint density at radius 2 is 2.32 bits per heavy atom. The molecule has 0 fully saturated rings. The summed E-state index contributed by atoms with van der Waals surface area (Å²) in [5.74, 6) is -0.0510. The van der Waals surface area contributed by atoms with Crippen LogP contribution in [-0.4, -0.2) is 30.9 Å². The van der Waals surface area contributed by atoms with Crippen molar-refractivity contribution < 1.29 is 4.79 Å². The van der Waals surface area contributed by atoms with Crippen molar-refractivity contribution in [1.82, 2.24) is 25.0 Å². The van der Waals surface area contributed by atoms with Gasteiger partial charge in [-0.1, -0.05) is 11.6 Å². The van der Waals surface area contributed by atoms with E-state index in [0.29, 0.717) is 16.5 Å². The second-order valence-corrected chi connectivity index (χ2v) is 4.43. The average Bonchev–Trinajstić information content (AvgIpc) is 2.93. The standard InChI is InChI=1S/C11H9ClN6O/c12-6-1-2-7-8(3-6)15-16-10(7)11-14-5-18(17-11)4-9(13)19/h1-3,5H,4H2,(H2,13,19)(H,15,16). The van der Waals surface area contributed by atoms with Crippen LogP contribution in [0.2, 0.25) is 5.02 Å². The number of amides is 1. The van der Waals surface area contributed by atoms with Crippen LogP contribution >= 0.6 is 11.6 Å². The van der Waals surface area contributed by atoms with Gasteiger partial charge in [0, 0.05) is 10.4 Å². The van der Waals surface area contributed by atoms with E-state index in [-0.39, 0.29) is 6.54 Å². The number of primary amides is 1. The van der Waals surface area contributed by atoms with Gasteiger partial charge in [-0.25, -0.2) is 9.67 Å². The smallest absolute Gasteiger partial charge is 0.239 e. The number of nitrogens with zero attached hydrogens (tertiary/aromatic N) is 4. The number of nitrogens with two attached hydrogens (primary N) is 1. The molecule has 3 rings (SSSR count). The summed E-state index contributed by atoms with van der Waals surface area (Å²) in [6, 6.07) is 5.38. The van der Waals surface area contributed by atoms with E-state index in [1.807, 2.05) is 6.07 Å². The van der Waals surface area contributed by atoms with Gasteiger partial charge in [-0.15, -0.1) is 5.10 Å². The fourth-order valence-corrected chi connectivity index (χ4v) is 1.97. The Balaban J connectivity index is 2.04. The number of benzene rings is 1. The number of carbonyl (C=O) groups excluding carboxylic acids is 1. The Hall–Kier alpha value is -2.41. The van der Waals surface area contributed by atoms with E-state index in [4.69, 9.17) is 17.3 Å². The van der Waals surface area contributed by atoms with Crippen molar-refractivity contribution in [3.05, 3.63) is 29.5 Å². The van der Waals surface area contributed by atoms with Crippen LogP contribution < -0.4 is 5.73 Å². The average molecular weight is 277 g/mol. The van der Waals surface area contributed by atoms with Crippen molar-refractivity contribution in [3.8, 4) is 11.5 Å². The molecule has 3 N–H and O–H groups in total. The van der Waals surface area contributed by atoms with Gasteiger partial charge in [0.2, 0.25) is 11.7 Å². The minimum atomic E-state index is -0.477. The summed E-state index contributed by atoms with van der Waals surface area (Å²) in [4.78, 5) is 14.9. The van der Waals surface area contributed by atoms with E-state index in [1.54, 1.807) is 12.1 Å². The second-order valence-electron chi connectivity index (χ2n) is 3.99. The van der Waals surface area contributed by atoms with Crippen LogP contribution in [0.15, 0.2) is 24.5 Å². The van der Waals surface area contributed by atoms with Crippen molar-refractivity contribution in [3.63, 3.8) is 0 Å². The first-order valence-electron chi connectivity index (χ1n) is 5.45. The molecule has 0 aliphatic carbocycles. The fraction of sp³-hybridized carbons (Fsp3) is 0.0909. The topological polar surface area (TPSA) is 102 Å². The van der Waals surface area contributed by atoms with Gasteiger partial charge in [-0.3, -0.25) is 9.89 Å². The van der Waals surface area contributed by atoms with Gasteiger partial charge in [0.15, 0.2) is 0 Å². The van der Waals surface area contributed by atoms with Gasteiger partial charge in [0.05, 0.1) is 5.52 Å². The van der Waals surface area contributed by atoms with Crippen molar-refractivity contribution in [2.75, 3.05) is 0 Å². The van der Waals surface area contributed by atoms with Gasteiger partial charge in [-0.2, -0.15) is 5.10 Å². The Bertz CT molecular complexity index is 761. The number of aromatic nitrogens is 5. The molecule has 0 atom stereocenters. The molecule has 0 spiro atoms. The van der Waals surface area contributed by atoms with Gasteiger partial charge in [0.25, 0.3) is 0 Å². The normalized spacial score (nSPS) is 11.0. The Morgan fingerprint density at radius 3 is 3.11 bits per heavy atom. The maximum atomic E-state index is 10.8. The van der Waals surface area contributed by atoms with E-state index in [0.717, 1.165) is 10.9 Å². The molecule has 0 saturated carbocycles. The number of halogens is 1. The predicted octanol–water partition coefficient (Wildman–Crippen LogP) is 0.960. The number of carbonyl (C=O) groups is 1. The molecule has 0 bridgehead atoms. The molecule has 0 radical (unpaired) electrons. The number of nitrogens with one attached hydrogen (secondary N) is 1. The molecule has 1 aromatic carbocycles. The molecule has 0 saturated heterocycles. The van der Waals surface area contributed by atoms with E-state index in [1.165, 1.54) is 11.0 Å². The minimum Gasteiger partial charge on any atom is -0.368 e. The van der Waals surface area contributed by atoms with Crippen LogP contribution in [0.5, 0.6) is 0 Å². The second kappa shape index (κ2) is 4.36. The van der Waals surface area contributed by atoms with E-state index in [9.17, 15) is 4.79 Å². The van der Waals surface area contributed by atoms with Gasteiger partial charge in [0.1, 0.15) is 18.6 Å². The van der Waals surface area contributed by atoms with Crippen LogP contribution in [0.4, 0.5) is 0 Å². The summed E-state index contributed by atoms with van der Waals surface area (Å²) >= 11 is 5.90. The van der Waals surface area contributed by atoms with Crippen LogP contribution in [0.25, 0.3) is 22.4 Å². The van der Waals surface area contributed by atoms with E-state index in [2.05, 4.69) is 20.3 Å². The SMILES string of the molecule is NC(=O)Cn1cnc(-c2n[nH]c3cc(Cl)ccc23)n1. The van der Waals surface area contributed by atoms with Crippen molar-refractivity contribution >= 4 is 28.4 Å². The molecular formula is C11H9ClN6O. The summed E-state index contributed by atoms with van der Waals surface area (Å²) < 4.78 is 1.37. The number of rotatable bonds is 3. The molecule has 3 aromatic rings. The molecule has 7 nitrogen and oxygen atoms in total. The number of fused-ring (bicyclic) bond motifs is 1. The third kappa shape index (κ3) is 2.15. The maximum Gasteiger partial charge on any atom is 0.239 e. The first-order valence-corrected chi connectivity index (χ1v) is 5.83. The van der Waals surface area contributed by atoms with Crippen molar-refractivity contribution in [2.45, 2.75) is 6.54 Å². The zero-order valence-corrected chi connectivity index (χ0v) is 10.4. The Labute approximate surface area is 112 Å². The first kappa shape index (κ1) is 11.7. The van der Waals surface area contributed by atoms with Gasteiger partial charge in [-0.05, 0) is 18.2 Å². The molecule has 19 heavy (non-hydrogen) atoms. The molecule has 2 heterocycles. The van der Waals surface area contributed by atoms with E-state index < -0.39 is 5.91 Å². The Morgan fingerprint density at radius 1 is 1.47 bits per heavy atom. The van der Waals surface area contributed by atoms with Crippen molar-refractivity contribution in [2.24, 2.45) is 5.73 Å². The molecule has 96 valence electrons. The minimum absolute atomic E-state index is 0.0127. The first-order chi connectivity index (χ1) is 9.13. The summed E-state index contributed by atoms with van der Waals surface area (Å²) in [6.07, 6.45) is 1.44. The lowest BCUT2D eigenvalue weighted by atomic mass is 10.2. The van der Waals surface area contributed by atoms with Crippen LogP contribution in [0.3, 0.4) is 0 Å². The lowest BCUT2D eigenvalue weighted by molar-refractivity contribution is -0.118. The molecule has 1 amide bonds. The quantitative estimate of drug-likeness (QED) is 0.743. The summed E-state index contributed by atoms with van der Waals surface area (Å²) in [5.41, 5.74) is 6.50. The Kier molecular flexibility index (Phi) is 2.68. The molecular weight excluding hydrogens is 268 g/mol. The highest BCUT2D eigenvalue weighted by Crippen LogP contribution is 2.25. The third-order valence-corrected chi connectivity index (χ3v) is 2.83. The zero-order valence-electron chi connectivity index (χ0n) is 9.67. The lowest BCUT2D eigenvalue weighted by Crippen LogP contribution is -2.18. The van der Waals surface area contributed by atoms with Gasteiger partial charge < -0.3 is 5.73 Å². The fourth-order valence-electron chi connectivity index (χ4n) is 1.80. The summed E-state index contributed by atoms with van der Waals surface area (Å²) in [7, 11) is 0. The molecule has 0 aliphatic heterocycles. The number of H-pyrrole nitrogens is 1. The van der Waals surface area contributed by atoms with Crippen LogP contribution in [0, 0.1) is 0 Å². The zero-order chi connectivity index (χ0) is 13.4. The summed E-state index contributed by atoms with van der Waals surface area (Å²) in [5, 5.41) is 12.7. The monoisotopic (exact) mass is 276 g/mol. The highest BCUT2D eigenvalue weighted by Gasteiger charge is 2.13. The summed E-state index contributed by atoms with van der Waals surface area (Å²) in [6.45, 7) is -0.0127. The number of hydrogen-bond donors (Lipinski definition) is 2. The van der Waals surface area contributed by atoms with Gasteiger partial charge >= 0.3 is 0 Å².